The molecule has 0 aliphatic carbocycles. The van der Waals surface area contributed by atoms with Crippen molar-refractivity contribution in [1.29, 1.82) is 0 Å². The molecule has 5 heteroatoms. The van der Waals surface area contributed by atoms with E-state index in [-0.39, 0.29) is 5.41 Å². The van der Waals surface area contributed by atoms with Crippen LogP contribution in [0.1, 0.15) is 13.3 Å². The van der Waals surface area contributed by atoms with Gasteiger partial charge in [-0.25, -0.2) is 0 Å². The van der Waals surface area contributed by atoms with Gasteiger partial charge in [0.25, 0.3) is 0 Å². The van der Waals surface area contributed by atoms with Gasteiger partial charge in [0.2, 0.25) is 0 Å². The molecule has 0 bridgehead atoms. The number of nitrogens with zero attached hydrogens (tertiary/aromatic N) is 1. The zero-order valence-corrected chi connectivity index (χ0v) is 11.9. The Bertz CT molecular complexity index is 220. The van der Waals surface area contributed by atoms with E-state index >= 15 is 0 Å². The van der Waals surface area contributed by atoms with Gasteiger partial charge in [0.1, 0.15) is 0 Å². The second-order valence-corrected chi connectivity index (χ2v) is 5.39. The lowest BCUT2D eigenvalue weighted by atomic mass is 9.86. The molecule has 0 aromatic heterocycles. The van der Waals surface area contributed by atoms with Crippen LogP contribution in [-0.4, -0.2) is 76.3 Å². The fraction of sp³-hybridized carbons (Fsp3) is 1.00. The standard InChI is InChI=1S/C13H28N2O3/c1-4-14-9-13(5-6-18-11-13)10-15(2)7-12(16)8-17-3/h12,14,16H,4-11H2,1-3H3. The van der Waals surface area contributed by atoms with Crippen LogP contribution in [0.4, 0.5) is 0 Å². The molecule has 0 aromatic rings. The first-order valence-corrected chi connectivity index (χ1v) is 6.76. The third-order valence-corrected chi connectivity index (χ3v) is 3.42. The van der Waals surface area contributed by atoms with Gasteiger partial charge in [-0.1, -0.05) is 6.92 Å². The average Bonchev–Trinajstić information content (AvgIpc) is 2.75. The lowest BCUT2D eigenvalue weighted by Crippen LogP contribution is -2.45. The summed E-state index contributed by atoms with van der Waals surface area (Å²) in [5, 5.41) is 13.2. The van der Waals surface area contributed by atoms with Crippen molar-refractivity contribution in [1.82, 2.24) is 10.2 Å². The van der Waals surface area contributed by atoms with Crippen LogP contribution in [0, 0.1) is 5.41 Å². The molecule has 0 amide bonds. The van der Waals surface area contributed by atoms with Crippen molar-refractivity contribution in [3.8, 4) is 0 Å². The van der Waals surface area contributed by atoms with Gasteiger partial charge in [-0.2, -0.15) is 0 Å². The van der Waals surface area contributed by atoms with E-state index in [2.05, 4.69) is 17.1 Å². The molecule has 0 saturated carbocycles. The smallest absolute Gasteiger partial charge is 0.0899 e. The van der Waals surface area contributed by atoms with Crippen LogP contribution in [0.25, 0.3) is 0 Å². The molecule has 18 heavy (non-hydrogen) atoms. The molecule has 0 aromatic carbocycles. The first-order chi connectivity index (χ1) is 8.62. The Kier molecular flexibility index (Phi) is 7.11. The molecular weight excluding hydrogens is 232 g/mol. The van der Waals surface area contributed by atoms with Gasteiger partial charge >= 0.3 is 0 Å². The van der Waals surface area contributed by atoms with Crippen LogP contribution in [0.2, 0.25) is 0 Å². The highest BCUT2D eigenvalue weighted by Gasteiger charge is 2.35. The Morgan fingerprint density at radius 2 is 2.33 bits per heavy atom. The summed E-state index contributed by atoms with van der Waals surface area (Å²) in [6, 6.07) is 0. The van der Waals surface area contributed by atoms with Crippen LogP contribution in [0.5, 0.6) is 0 Å². The molecule has 1 aliphatic heterocycles. The Balaban J connectivity index is 2.40. The van der Waals surface area contributed by atoms with Gasteiger partial charge < -0.3 is 24.8 Å². The summed E-state index contributed by atoms with van der Waals surface area (Å²) >= 11 is 0. The van der Waals surface area contributed by atoms with Gasteiger partial charge in [-0.05, 0) is 20.0 Å². The van der Waals surface area contributed by atoms with Crippen LogP contribution in [0.15, 0.2) is 0 Å². The van der Waals surface area contributed by atoms with E-state index in [9.17, 15) is 5.11 Å². The van der Waals surface area contributed by atoms with Crippen LogP contribution < -0.4 is 5.32 Å². The van der Waals surface area contributed by atoms with E-state index in [0.29, 0.717) is 13.2 Å². The summed E-state index contributed by atoms with van der Waals surface area (Å²) < 4.78 is 10.5. The maximum absolute atomic E-state index is 9.74. The molecule has 0 radical (unpaired) electrons. The third-order valence-electron chi connectivity index (χ3n) is 3.42. The van der Waals surface area contributed by atoms with E-state index in [1.54, 1.807) is 7.11 Å². The topological polar surface area (TPSA) is 54.0 Å². The van der Waals surface area contributed by atoms with E-state index in [0.717, 1.165) is 39.3 Å². The Hall–Kier alpha value is -0.200. The predicted molar refractivity (Wildman–Crippen MR) is 71.8 cm³/mol. The van der Waals surface area contributed by atoms with E-state index in [1.807, 2.05) is 7.05 Å². The highest BCUT2D eigenvalue weighted by Crippen LogP contribution is 2.28. The van der Waals surface area contributed by atoms with Crippen LogP contribution in [-0.2, 0) is 9.47 Å². The lowest BCUT2D eigenvalue weighted by Gasteiger charge is -2.33. The molecule has 0 spiro atoms. The normalized spacial score (nSPS) is 25.8. The summed E-state index contributed by atoms with van der Waals surface area (Å²) in [6.45, 7) is 7.72. The molecule has 2 unspecified atom stereocenters. The molecule has 108 valence electrons. The van der Waals surface area contributed by atoms with Gasteiger partial charge in [-0.3, -0.25) is 0 Å². The molecule has 1 heterocycles. The predicted octanol–water partition coefficient (Wildman–Crippen LogP) is -0.0583. The highest BCUT2D eigenvalue weighted by molar-refractivity contribution is 4.88. The number of likely N-dealkylation sites (N-methyl/N-ethyl adjacent to an activating group) is 1. The minimum Gasteiger partial charge on any atom is -0.389 e. The Labute approximate surface area is 110 Å². The summed E-state index contributed by atoms with van der Waals surface area (Å²) in [5.74, 6) is 0. The maximum atomic E-state index is 9.74. The maximum Gasteiger partial charge on any atom is 0.0899 e. The minimum atomic E-state index is -0.418. The number of aliphatic hydroxyl groups is 1. The average molecular weight is 260 g/mol. The SMILES string of the molecule is CCNCC1(CN(C)CC(O)COC)CCOC1. The molecular formula is C13H28N2O3. The molecule has 1 saturated heterocycles. The molecule has 2 N–H and O–H groups in total. The first kappa shape index (κ1) is 15.9. The zero-order chi connectivity index (χ0) is 13.4. The second-order valence-electron chi connectivity index (χ2n) is 5.39. The van der Waals surface area contributed by atoms with Gasteiger partial charge in [-0.15, -0.1) is 0 Å². The Morgan fingerprint density at radius 3 is 2.89 bits per heavy atom. The van der Waals surface area contributed by atoms with Crippen molar-refractivity contribution in [3.05, 3.63) is 0 Å². The Morgan fingerprint density at radius 1 is 1.56 bits per heavy atom. The van der Waals surface area contributed by atoms with Crippen LogP contribution in [0.3, 0.4) is 0 Å². The minimum absolute atomic E-state index is 0.192. The number of methoxy groups -OCH3 is 1. The van der Waals surface area contributed by atoms with Crippen molar-refractivity contribution in [2.45, 2.75) is 19.4 Å². The summed E-state index contributed by atoms with van der Waals surface area (Å²) in [7, 11) is 3.66. The largest absolute Gasteiger partial charge is 0.389 e. The van der Waals surface area contributed by atoms with E-state index < -0.39 is 6.10 Å². The van der Waals surface area contributed by atoms with Gasteiger partial charge in [0.15, 0.2) is 0 Å². The first-order valence-electron chi connectivity index (χ1n) is 6.76. The van der Waals surface area contributed by atoms with Crippen molar-refractivity contribution < 1.29 is 14.6 Å². The molecule has 2 atom stereocenters. The number of hydrogen-bond donors (Lipinski definition) is 2. The number of nitrogens with one attached hydrogen (secondary N) is 1. The van der Waals surface area contributed by atoms with Gasteiger partial charge in [0, 0.05) is 38.8 Å². The lowest BCUT2D eigenvalue weighted by molar-refractivity contribution is 0.0312. The highest BCUT2D eigenvalue weighted by atomic mass is 16.5. The van der Waals surface area contributed by atoms with E-state index in [1.165, 1.54) is 0 Å². The fourth-order valence-corrected chi connectivity index (χ4v) is 2.60. The zero-order valence-electron chi connectivity index (χ0n) is 11.9. The van der Waals surface area contributed by atoms with Gasteiger partial charge in [0.05, 0.1) is 19.3 Å². The van der Waals surface area contributed by atoms with Crippen molar-refractivity contribution >= 4 is 0 Å². The molecule has 1 aliphatic rings. The second kappa shape index (κ2) is 8.07. The summed E-state index contributed by atoms with van der Waals surface area (Å²) in [6.07, 6.45) is 0.670. The third kappa shape index (κ3) is 5.20. The monoisotopic (exact) mass is 260 g/mol. The summed E-state index contributed by atoms with van der Waals surface area (Å²) in [4.78, 5) is 2.18. The van der Waals surface area contributed by atoms with Crippen LogP contribution >= 0.6 is 0 Å². The quantitative estimate of drug-likeness (QED) is 0.608. The van der Waals surface area contributed by atoms with E-state index in [4.69, 9.17) is 9.47 Å². The van der Waals surface area contributed by atoms with Crippen molar-refractivity contribution in [2.24, 2.45) is 5.41 Å². The van der Waals surface area contributed by atoms with Crippen molar-refractivity contribution in [3.63, 3.8) is 0 Å². The number of rotatable bonds is 9. The number of aliphatic hydroxyl groups excluding tert-OH is 1. The molecule has 1 rings (SSSR count). The fourth-order valence-electron chi connectivity index (χ4n) is 2.60. The van der Waals surface area contributed by atoms with Crippen molar-refractivity contribution in [2.75, 3.05) is 60.2 Å². The number of ether oxygens (including phenoxy) is 2. The molecule has 5 nitrogen and oxygen atoms in total. The number of hydrogen-bond acceptors (Lipinski definition) is 5. The molecule has 1 fully saturated rings. The summed E-state index contributed by atoms with van der Waals surface area (Å²) in [5.41, 5.74) is 0.192.